The minimum Gasteiger partial charge on any atom is -0.400 e. The zero-order valence-electron chi connectivity index (χ0n) is 5.54. The van der Waals surface area contributed by atoms with Crippen molar-refractivity contribution in [1.29, 1.82) is 0 Å². The van der Waals surface area contributed by atoms with Crippen molar-refractivity contribution in [2.75, 3.05) is 7.11 Å². The second-order valence-electron chi connectivity index (χ2n) is 1.08. The van der Waals surface area contributed by atoms with Crippen LogP contribution in [0, 0.1) is 6.07 Å². The number of hydrogen-bond donors (Lipinski definition) is 1. The van der Waals surface area contributed by atoms with Gasteiger partial charge >= 0.3 is 0 Å². The van der Waals surface area contributed by atoms with E-state index in [0.717, 1.165) is 7.11 Å². The minimum atomic E-state index is 0. The largest absolute Gasteiger partial charge is 0.400 e. The molecular weight excluding hydrogens is 165 g/mol. The summed E-state index contributed by atoms with van der Waals surface area (Å²) in [5, 5.41) is 7.00. The first-order valence-electron chi connectivity index (χ1n) is 2.36. The van der Waals surface area contributed by atoms with Gasteiger partial charge in [0, 0.05) is 26.6 Å². The van der Waals surface area contributed by atoms with E-state index in [2.05, 4.69) is 6.07 Å². The standard InChI is InChI=1S/C6H5.CH4O.Zn/c1-2-4-6-5-3-1;1-2;/h1-5H;2H,1H3;/q-1;;. The first-order chi connectivity index (χ1) is 4.00. The van der Waals surface area contributed by atoms with E-state index in [9.17, 15) is 0 Å². The van der Waals surface area contributed by atoms with Gasteiger partial charge in [-0.15, -0.1) is 0 Å². The summed E-state index contributed by atoms with van der Waals surface area (Å²) >= 11 is 0. The quantitative estimate of drug-likeness (QED) is 0.461. The Morgan fingerprint density at radius 2 is 1.44 bits per heavy atom. The maximum atomic E-state index is 7.00. The van der Waals surface area contributed by atoms with Crippen LogP contribution in [0.25, 0.3) is 0 Å². The maximum Gasteiger partial charge on any atom is 0.0319 e. The molecule has 0 radical (unpaired) electrons. The van der Waals surface area contributed by atoms with Gasteiger partial charge in [0.2, 0.25) is 0 Å². The summed E-state index contributed by atoms with van der Waals surface area (Å²) in [5.74, 6) is 0. The number of aliphatic hydroxyl groups excluding tert-OH is 1. The summed E-state index contributed by atoms with van der Waals surface area (Å²) in [4.78, 5) is 0. The zero-order valence-corrected chi connectivity index (χ0v) is 8.51. The van der Waals surface area contributed by atoms with Crippen LogP contribution in [-0.4, -0.2) is 12.2 Å². The van der Waals surface area contributed by atoms with Crippen LogP contribution in [0.1, 0.15) is 0 Å². The number of hydrogen-bond acceptors (Lipinski definition) is 1. The fraction of sp³-hybridized carbons (Fsp3) is 0.143. The molecule has 1 aromatic carbocycles. The van der Waals surface area contributed by atoms with Crippen LogP contribution in [0.15, 0.2) is 30.3 Å². The Kier molecular flexibility index (Phi) is 13.8. The molecule has 0 aromatic heterocycles. The molecule has 0 unspecified atom stereocenters. The molecule has 0 fully saturated rings. The zero-order chi connectivity index (χ0) is 6.24. The molecule has 46 valence electrons. The normalized spacial score (nSPS) is 6.00. The van der Waals surface area contributed by atoms with Gasteiger partial charge in [0.25, 0.3) is 0 Å². The third-order valence-corrected chi connectivity index (χ3v) is 0.607. The summed E-state index contributed by atoms with van der Waals surface area (Å²) in [6, 6.07) is 12.5. The van der Waals surface area contributed by atoms with Gasteiger partial charge in [0.15, 0.2) is 0 Å². The summed E-state index contributed by atoms with van der Waals surface area (Å²) in [5.41, 5.74) is 0. The Morgan fingerprint density at radius 1 is 1.00 bits per heavy atom. The molecule has 1 N–H and O–H groups in total. The SMILES string of the molecule is CO.[Zn].[c-]1ccccc1. The van der Waals surface area contributed by atoms with Crippen molar-refractivity contribution in [2.45, 2.75) is 0 Å². The predicted octanol–water partition coefficient (Wildman–Crippen LogP) is 1.09. The number of benzene rings is 1. The van der Waals surface area contributed by atoms with Crippen molar-refractivity contribution >= 4 is 0 Å². The van der Waals surface area contributed by atoms with Gasteiger partial charge in [-0.25, -0.2) is 0 Å². The van der Waals surface area contributed by atoms with Crippen molar-refractivity contribution in [2.24, 2.45) is 0 Å². The minimum absolute atomic E-state index is 0. The van der Waals surface area contributed by atoms with Crippen molar-refractivity contribution < 1.29 is 24.6 Å². The molecule has 0 bridgehead atoms. The Bertz CT molecular complexity index is 80.8. The van der Waals surface area contributed by atoms with Crippen LogP contribution in [0.4, 0.5) is 0 Å². The first-order valence-corrected chi connectivity index (χ1v) is 2.36. The molecule has 0 aliphatic rings. The molecule has 1 rings (SSSR count). The van der Waals surface area contributed by atoms with Gasteiger partial charge in [-0.05, 0) is 0 Å². The molecule has 0 heterocycles. The summed E-state index contributed by atoms with van der Waals surface area (Å²) in [7, 11) is 1.00. The van der Waals surface area contributed by atoms with Crippen LogP contribution >= 0.6 is 0 Å². The van der Waals surface area contributed by atoms with Crippen LogP contribution in [0.3, 0.4) is 0 Å². The van der Waals surface area contributed by atoms with Gasteiger partial charge in [0.1, 0.15) is 0 Å². The van der Waals surface area contributed by atoms with Crippen molar-refractivity contribution in [3.8, 4) is 0 Å². The van der Waals surface area contributed by atoms with E-state index >= 15 is 0 Å². The van der Waals surface area contributed by atoms with Gasteiger partial charge in [-0.2, -0.15) is 36.4 Å². The third-order valence-electron chi connectivity index (χ3n) is 0.607. The van der Waals surface area contributed by atoms with E-state index in [-0.39, 0.29) is 19.5 Å². The smallest absolute Gasteiger partial charge is 0.0319 e. The predicted molar refractivity (Wildman–Crippen MR) is 33.4 cm³/mol. The van der Waals surface area contributed by atoms with Crippen molar-refractivity contribution in [3.63, 3.8) is 0 Å². The Balaban J connectivity index is 0. The fourth-order valence-corrected chi connectivity index (χ4v) is 0.342. The molecule has 1 aromatic rings. The van der Waals surface area contributed by atoms with Gasteiger partial charge in [-0.1, -0.05) is 0 Å². The van der Waals surface area contributed by atoms with Crippen LogP contribution < -0.4 is 0 Å². The van der Waals surface area contributed by atoms with Crippen LogP contribution in [0.5, 0.6) is 0 Å². The van der Waals surface area contributed by atoms with Gasteiger partial charge in [0.05, 0.1) is 0 Å². The number of rotatable bonds is 0. The van der Waals surface area contributed by atoms with E-state index in [1.807, 2.05) is 30.3 Å². The van der Waals surface area contributed by atoms with E-state index in [0.29, 0.717) is 0 Å². The van der Waals surface area contributed by atoms with Crippen LogP contribution in [-0.2, 0) is 19.5 Å². The molecule has 2 heteroatoms. The average molecular weight is 175 g/mol. The van der Waals surface area contributed by atoms with Gasteiger partial charge in [-0.3, -0.25) is 0 Å². The number of aliphatic hydroxyl groups is 1. The Hall–Kier alpha value is -0.197. The van der Waals surface area contributed by atoms with E-state index in [1.165, 1.54) is 0 Å². The molecule has 0 atom stereocenters. The van der Waals surface area contributed by atoms with Crippen LogP contribution in [0.2, 0.25) is 0 Å². The molecule has 0 aliphatic heterocycles. The molecule has 1 nitrogen and oxygen atoms in total. The molecule has 0 amide bonds. The monoisotopic (exact) mass is 173 g/mol. The van der Waals surface area contributed by atoms with Crippen molar-refractivity contribution in [1.82, 2.24) is 0 Å². The van der Waals surface area contributed by atoms with Crippen molar-refractivity contribution in [3.05, 3.63) is 36.4 Å². The van der Waals surface area contributed by atoms with E-state index in [1.54, 1.807) is 0 Å². The summed E-state index contributed by atoms with van der Waals surface area (Å²) in [6.07, 6.45) is 0. The fourth-order valence-electron chi connectivity index (χ4n) is 0.342. The Labute approximate surface area is 68.5 Å². The topological polar surface area (TPSA) is 20.2 Å². The molecular formula is C7H9OZn-. The summed E-state index contributed by atoms with van der Waals surface area (Å²) in [6.45, 7) is 0. The molecule has 0 saturated carbocycles. The van der Waals surface area contributed by atoms with E-state index in [4.69, 9.17) is 5.11 Å². The average Bonchev–Trinajstić information content (AvgIpc) is 1.96. The van der Waals surface area contributed by atoms with E-state index < -0.39 is 0 Å². The maximum absolute atomic E-state index is 7.00. The third kappa shape index (κ3) is 7.80. The first kappa shape index (κ1) is 11.6. The molecule has 9 heavy (non-hydrogen) atoms. The summed E-state index contributed by atoms with van der Waals surface area (Å²) < 4.78 is 0. The Morgan fingerprint density at radius 3 is 1.56 bits per heavy atom. The molecule has 0 saturated heterocycles. The second-order valence-corrected chi connectivity index (χ2v) is 1.08. The molecule has 0 aliphatic carbocycles. The molecule has 0 spiro atoms. The van der Waals surface area contributed by atoms with Gasteiger partial charge < -0.3 is 5.11 Å². The second kappa shape index (κ2) is 10.7.